The Morgan fingerprint density at radius 1 is 1.29 bits per heavy atom. The Morgan fingerprint density at radius 3 is 2.71 bits per heavy atom. The molecular formula is C13H14O4. The highest BCUT2D eigenvalue weighted by molar-refractivity contribution is 5.90. The maximum Gasteiger partial charge on any atom is 0.343 e. The van der Waals surface area contributed by atoms with E-state index in [0.717, 1.165) is 5.39 Å². The third kappa shape index (κ3) is 1.98. The van der Waals surface area contributed by atoms with Crippen molar-refractivity contribution in [1.29, 1.82) is 0 Å². The number of ether oxygens (including phenoxy) is 2. The van der Waals surface area contributed by atoms with Crippen LogP contribution in [0.1, 0.15) is 12.7 Å². The van der Waals surface area contributed by atoms with Gasteiger partial charge in [-0.25, -0.2) is 4.79 Å². The van der Waals surface area contributed by atoms with Crippen LogP contribution >= 0.6 is 0 Å². The molecule has 0 aliphatic carbocycles. The fourth-order valence-electron chi connectivity index (χ4n) is 1.79. The van der Waals surface area contributed by atoms with Gasteiger partial charge in [-0.05, 0) is 32.0 Å². The van der Waals surface area contributed by atoms with Gasteiger partial charge in [0.15, 0.2) is 11.5 Å². The molecule has 0 saturated carbocycles. The molecule has 2 aromatic rings. The number of benzene rings is 1. The van der Waals surface area contributed by atoms with Gasteiger partial charge in [0.05, 0.1) is 19.1 Å². The second kappa shape index (κ2) is 4.49. The minimum Gasteiger partial charge on any atom is -0.493 e. The highest BCUT2D eigenvalue weighted by atomic mass is 16.5. The quantitative estimate of drug-likeness (QED) is 0.818. The summed E-state index contributed by atoms with van der Waals surface area (Å²) in [6.07, 6.45) is 0. The zero-order valence-corrected chi connectivity index (χ0v) is 10.1. The lowest BCUT2D eigenvalue weighted by Crippen LogP contribution is -2.03. The Bertz CT molecular complexity index is 598. The molecule has 1 heterocycles. The standard InChI is InChI=1S/C13H14O4/c1-4-16-12-10-7-8(2)17-13(14)9(10)5-6-11(12)15-3/h5-7H,4H2,1-3H3. The maximum atomic E-state index is 11.7. The Balaban J connectivity index is 2.83. The average molecular weight is 234 g/mol. The van der Waals surface area contributed by atoms with Gasteiger partial charge in [0, 0.05) is 5.39 Å². The Kier molecular flexibility index (Phi) is 3.04. The first-order valence-corrected chi connectivity index (χ1v) is 5.41. The van der Waals surface area contributed by atoms with Crippen LogP contribution in [0.2, 0.25) is 0 Å². The second-order valence-electron chi connectivity index (χ2n) is 3.64. The van der Waals surface area contributed by atoms with Crippen LogP contribution in [-0.4, -0.2) is 13.7 Å². The summed E-state index contributed by atoms with van der Waals surface area (Å²) in [5.41, 5.74) is -0.358. The van der Waals surface area contributed by atoms with E-state index in [0.29, 0.717) is 29.3 Å². The summed E-state index contributed by atoms with van der Waals surface area (Å²) in [7, 11) is 1.57. The molecule has 1 aromatic carbocycles. The molecule has 0 unspecified atom stereocenters. The van der Waals surface area contributed by atoms with Gasteiger partial charge in [0.2, 0.25) is 0 Å². The number of fused-ring (bicyclic) bond motifs is 1. The topological polar surface area (TPSA) is 48.7 Å². The molecule has 90 valence electrons. The van der Waals surface area contributed by atoms with Crippen molar-refractivity contribution >= 4 is 10.8 Å². The van der Waals surface area contributed by atoms with Crippen LogP contribution in [0.25, 0.3) is 10.8 Å². The molecule has 1 aromatic heterocycles. The van der Waals surface area contributed by atoms with Gasteiger partial charge < -0.3 is 13.9 Å². The van der Waals surface area contributed by atoms with Crippen LogP contribution in [0.5, 0.6) is 11.5 Å². The summed E-state index contributed by atoms with van der Waals surface area (Å²) in [6.45, 7) is 4.13. The first-order chi connectivity index (χ1) is 8.17. The Hall–Kier alpha value is -1.97. The second-order valence-corrected chi connectivity index (χ2v) is 3.64. The molecule has 17 heavy (non-hydrogen) atoms. The molecule has 0 spiro atoms. The summed E-state index contributed by atoms with van der Waals surface area (Å²) in [5, 5.41) is 1.22. The van der Waals surface area contributed by atoms with Crippen LogP contribution in [0.3, 0.4) is 0 Å². The predicted octanol–water partition coefficient (Wildman–Crippen LogP) is 2.51. The van der Waals surface area contributed by atoms with Crippen molar-refractivity contribution in [3.8, 4) is 11.5 Å². The van der Waals surface area contributed by atoms with Crippen LogP contribution in [0.15, 0.2) is 27.4 Å². The molecule has 0 atom stereocenters. The predicted molar refractivity (Wildman–Crippen MR) is 64.9 cm³/mol. The lowest BCUT2D eigenvalue weighted by molar-refractivity contribution is 0.314. The van der Waals surface area contributed by atoms with Gasteiger partial charge in [-0.2, -0.15) is 0 Å². The summed E-state index contributed by atoms with van der Waals surface area (Å²) < 4.78 is 15.8. The molecule has 2 rings (SSSR count). The van der Waals surface area contributed by atoms with E-state index < -0.39 is 0 Å². The molecule has 0 radical (unpaired) electrons. The van der Waals surface area contributed by atoms with Crippen molar-refractivity contribution in [2.75, 3.05) is 13.7 Å². The van der Waals surface area contributed by atoms with Gasteiger partial charge in [0.25, 0.3) is 0 Å². The number of hydrogen-bond donors (Lipinski definition) is 0. The van der Waals surface area contributed by atoms with Crippen LogP contribution < -0.4 is 15.1 Å². The average Bonchev–Trinajstić information content (AvgIpc) is 2.30. The number of aryl methyl sites for hydroxylation is 1. The first-order valence-electron chi connectivity index (χ1n) is 5.41. The van der Waals surface area contributed by atoms with Crippen LogP contribution in [0, 0.1) is 6.92 Å². The largest absolute Gasteiger partial charge is 0.493 e. The SMILES string of the molecule is CCOc1c(OC)ccc2c(=O)oc(C)cc12. The lowest BCUT2D eigenvalue weighted by Gasteiger charge is -2.11. The summed E-state index contributed by atoms with van der Waals surface area (Å²) >= 11 is 0. The van der Waals surface area contributed by atoms with E-state index in [9.17, 15) is 4.79 Å². The van der Waals surface area contributed by atoms with Gasteiger partial charge in [-0.1, -0.05) is 0 Å². The summed E-state index contributed by atoms with van der Waals surface area (Å²) in [4.78, 5) is 11.7. The summed E-state index contributed by atoms with van der Waals surface area (Å²) in [6, 6.07) is 5.17. The van der Waals surface area contributed by atoms with Crippen LogP contribution in [0.4, 0.5) is 0 Å². The van der Waals surface area contributed by atoms with Gasteiger partial charge >= 0.3 is 5.63 Å². The molecule has 0 aliphatic heterocycles. The van der Waals surface area contributed by atoms with E-state index in [4.69, 9.17) is 13.9 Å². The first kappa shape index (κ1) is 11.5. The smallest absolute Gasteiger partial charge is 0.343 e. The minimum absolute atomic E-state index is 0.358. The van der Waals surface area contributed by atoms with Crippen molar-refractivity contribution in [1.82, 2.24) is 0 Å². The summed E-state index contributed by atoms with van der Waals surface area (Å²) in [5.74, 6) is 1.75. The van der Waals surface area contributed by atoms with Crippen molar-refractivity contribution < 1.29 is 13.9 Å². The van der Waals surface area contributed by atoms with E-state index in [1.165, 1.54) is 0 Å². The monoisotopic (exact) mass is 234 g/mol. The van der Waals surface area contributed by atoms with E-state index in [2.05, 4.69) is 0 Å². The van der Waals surface area contributed by atoms with Gasteiger partial charge in [0.1, 0.15) is 5.76 Å². The Morgan fingerprint density at radius 2 is 2.06 bits per heavy atom. The molecule has 0 fully saturated rings. The molecule has 4 heteroatoms. The van der Waals surface area contributed by atoms with E-state index in [-0.39, 0.29) is 5.63 Å². The fourth-order valence-corrected chi connectivity index (χ4v) is 1.79. The number of rotatable bonds is 3. The molecule has 0 bridgehead atoms. The van der Waals surface area contributed by atoms with Crippen molar-refractivity contribution in [2.24, 2.45) is 0 Å². The fraction of sp³-hybridized carbons (Fsp3) is 0.308. The number of hydrogen-bond acceptors (Lipinski definition) is 4. The third-order valence-corrected chi connectivity index (χ3v) is 2.49. The van der Waals surface area contributed by atoms with E-state index >= 15 is 0 Å². The highest BCUT2D eigenvalue weighted by Crippen LogP contribution is 2.34. The van der Waals surface area contributed by atoms with Crippen molar-refractivity contribution in [3.05, 3.63) is 34.4 Å². The van der Waals surface area contributed by atoms with E-state index in [1.807, 2.05) is 6.92 Å². The molecule has 4 nitrogen and oxygen atoms in total. The van der Waals surface area contributed by atoms with Gasteiger partial charge in [-0.15, -0.1) is 0 Å². The zero-order valence-electron chi connectivity index (χ0n) is 10.1. The minimum atomic E-state index is -0.358. The normalized spacial score (nSPS) is 10.5. The molecule has 0 saturated heterocycles. The third-order valence-electron chi connectivity index (χ3n) is 2.49. The van der Waals surface area contributed by atoms with Crippen molar-refractivity contribution in [3.63, 3.8) is 0 Å². The highest BCUT2D eigenvalue weighted by Gasteiger charge is 2.12. The maximum absolute atomic E-state index is 11.7. The van der Waals surface area contributed by atoms with Crippen molar-refractivity contribution in [2.45, 2.75) is 13.8 Å². The van der Waals surface area contributed by atoms with Gasteiger partial charge in [-0.3, -0.25) is 0 Å². The molecular weight excluding hydrogens is 220 g/mol. The van der Waals surface area contributed by atoms with E-state index in [1.54, 1.807) is 32.2 Å². The number of methoxy groups -OCH3 is 1. The molecule has 0 amide bonds. The lowest BCUT2D eigenvalue weighted by atomic mass is 10.1. The molecule has 0 N–H and O–H groups in total. The zero-order chi connectivity index (χ0) is 12.4. The van der Waals surface area contributed by atoms with Crippen LogP contribution in [-0.2, 0) is 0 Å². The molecule has 0 aliphatic rings. The Labute approximate surface area is 98.8 Å².